The van der Waals surface area contributed by atoms with Crippen LogP contribution in [0.15, 0.2) is 33.4 Å². The van der Waals surface area contributed by atoms with Gasteiger partial charge in [0.1, 0.15) is 11.3 Å². The maximum Gasteiger partial charge on any atom is 0.312 e. The quantitative estimate of drug-likeness (QED) is 0.664. The number of benzene rings is 1. The van der Waals surface area contributed by atoms with Crippen LogP contribution in [0.4, 0.5) is 0 Å². The fourth-order valence-electron chi connectivity index (χ4n) is 1.98. The average Bonchev–Trinajstić information content (AvgIpc) is 2.94. The third kappa shape index (κ3) is 1.64. The highest BCUT2D eigenvalue weighted by Gasteiger charge is 2.17. The molecule has 5 heteroatoms. The zero-order valence-electron chi connectivity index (χ0n) is 9.80. The molecule has 0 radical (unpaired) electrons. The SMILES string of the molecule is CCOC(=O)Cc1noc2ccc3ccoc3c12. The van der Waals surface area contributed by atoms with E-state index in [9.17, 15) is 4.79 Å². The molecule has 3 aromatic rings. The number of nitrogens with zero attached hydrogens (tertiary/aromatic N) is 1. The molecule has 5 nitrogen and oxygen atoms in total. The number of aromatic nitrogens is 1. The van der Waals surface area contributed by atoms with Crippen molar-refractivity contribution in [2.24, 2.45) is 0 Å². The van der Waals surface area contributed by atoms with Crippen molar-refractivity contribution in [3.05, 3.63) is 30.2 Å². The van der Waals surface area contributed by atoms with Gasteiger partial charge in [-0.25, -0.2) is 0 Å². The van der Waals surface area contributed by atoms with Crippen LogP contribution in [0.25, 0.3) is 21.9 Å². The van der Waals surface area contributed by atoms with E-state index in [0.717, 1.165) is 10.8 Å². The first kappa shape index (κ1) is 10.8. The van der Waals surface area contributed by atoms with E-state index in [1.54, 1.807) is 13.2 Å². The maximum absolute atomic E-state index is 11.5. The number of carbonyl (C=O) groups is 1. The molecule has 2 aromatic heterocycles. The zero-order valence-corrected chi connectivity index (χ0v) is 9.80. The molecule has 0 aliphatic rings. The van der Waals surface area contributed by atoms with Crippen molar-refractivity contribution in [1.29, 1.82) is 0 Å². The maximum atomic E-state index is 11.5. The van der Waals surface area contributed by atoms with Crippen molar-refractivity contribution in [2.75, 3.05) is 6.61 Å². The number of furan rings is 1. The number of esters is 1. The Labute approximate surface area is 102 Å². The van der Waals surface area contributed by atoms with Gasteiger partial charge in [0.15, 0.2) is 5.58 Å². The Balaban J connectivity index is 2.11. The van der Waals surface area contributed by atoms with Crippen LogP contribution < -0.4 is 0 Å². The largest absolute Gasteiger partial charge is 0.466 e. The fourth-order valence-corrected chi connectivity index (χ4v) is 1.98. The van der Waals surface area contributed by atoms with Gasteiger partial charge in [-0.05, 0) is 25.1 Å². The monoisotopic (exact) mass is 245 g/mol. The zero-order chi connectivity index (χ0) is 12.5. The molecular formula is C13H11NO4. The molecule has 0 spiro atoms. The highest BCUT2D eigenvalue weighted by atomic mass is 16.5. The van der Waals surface area contributed by atoms with E-state index in [1.807, 2.05) is 18.2 Å². The molecule has 0 N–H and O–H groups in total. The summed E-state index contributed by atoms with van der Waals surface area (Å²) >= 11 is 0. The van der Waals surface area contributed by atoms with Gasteiger partial charge in [0.25, 0.3) is 0 Å². The number of rotatable bonds is 3. The van der Waals surface area contributed by atoms with Crippen LogP contribution in [0, 0.1) is 0 Å². The number of hydrogen-bond donors (Lipinski definition) is 0. The van der Waals surface area contributed by atoms with Gasteiger partial charge in [0.2, 0.25) is 0 Å². The Kier molecular flexibility index (Phi) is 2.51. The summed E-state index contributed by atoms with van der Waals surface area (Å²) in [5.74, 6) is -0.323. The van der Waals surface area contributed by atoms with Crippen molar-refractivity contribution < 1.29 is 18.5 Å². The third-order valence-electron chi connectivity index (χ3n) is 2.74. The second-order valence-corrected chi connectivity index (χ2v) is 3.89. The molecule has 0 unspecified atom stereocenters. The molecule has 0 aliphatic heterocycles. The highest BCUT2D eigenvalue weighted by molar-refractivity contribution is 6.04. The second-order valence-electron chi connectivity index (χ2n) is 3.89. The Bertz CT molecular complexity index is 710. The minimum Gasteiger partial charge on any atom is -0.466 e. The predicted molar refractivity (Wildman–Crippen MR) is 64.1 cm³/mol. The van der Waals surface area contributed by atoms with E-state index in [2.05, 4.69) is 5.16 Å². The summed E-state index contributed by atoms with van der Waals surface area (Å²) in [6.45, 7) is 2.12. The molecule has 3 rings (SSSR count). The van der Waals surface area contributed by atoms with Gasteiger partial charge in [-0.1, -0.05) is 5.16 Å². The summed E-state index contributed by atoms with van der Waals surface area (Å²) in [7, 11) is 0. The molecule has 0 atom stereocenters. The molecule has 1 aromatic carbocycles. The lowest BCUT2D eigenvalue weighted by molar-refractivity contribution is -0.142. The number of ether oxygens (including phenoxy) is 1. The van der Waals surface area contributed by atoms with Crippen LogP contribution in [0.1, 0.15) is 12.6 Å². The lowest BCUT2D eigenvalue weighted by atomic mass is 10.1. The second kappa shape index (κ2) is 4.18. The summed E-state index contributed by atoms with van der Waals surface area (Å²) in [5, 5.41) is 5.61. The molecular weight excluding hydrogens is 234 g/mol. The van der Waals surface area contributed by atoms with Gasteiger partial charge in [-0.3, -0.25) is 4.79 Å². The lowest BCUT2D eigenvalue weighted by Gasteiger charge is -1.98. The van der Waals surface area contributed by atoms with Crippen molar-refractivity contribution in [2.45, 2.75) is 13.3 Å². The summed E-state index contributed by atoms with van der Waals surface area (Å²) in [4.78, 5) is 11.5. The number of carbonyl (C=O) groups excluding carboxylic acids is 1. The minimum atomic E-state index is -0.323. The van der Waals surface area contributed by atoms with E-state index in [-0.39, 0.29) is 12.4 Å². The Hall–Kier alpha value is -2.30. The average molecular weight is 245 g/mol. The molecule has 18 heavy (non-hydrogen) atoms. The fraction of sp³-hybridized carbons (Fsp3) is 0.231. The standard InChI is InChI=1S/C13H11NO4/c1-2-16-11(15)7-9-12-10(18-14-9)4-3-8-5-6-17-13(8)12/h3-6H,2,7H2,1H3. The van der Waals surface area contributed by atoms with E-state index in [4.69, 9.17) is 13.7 Å². The highest BCUT2D eigenvalue weighted by Crippen LogP contribution is 2.29. The van der Waals surface area contributed by atoms with Crippen LogP contribution in [0.5, 0.6) is 0 Å². The minimum absolute atomic E-state index is 0.0840. The Morgan fingerprint density at radius 3 is 3.11 bits per heavy atom. The van der Waals surface area contributed by atoms with Gasteiger partial charge < -0.3 is 13.7 Å². The van der Waals surface area contributed by atoms with Crippen LogP contribution in [0.2, 0.25) is 0 Å². The first-order valence-corrected chi connectivity index (χ1v) is 5.69. The van der Waals surface area contributed by atoms with Gasteiger partial charge in [0, 0.05) is 5.39 Å². The Morgan fingerprint density at radius 2 is 2.28 bits per heavy atom. The summed E-state index contributed by atoms with van der Waals surface area (Å²) in [6.07, 6.45) is 1.69. The number of hydrogen-bond acceptors (Lipinski definition) is 5. The molecule has 0 bridgehead atoms. The van der Waals surface area contributed by atoms with Gasteiger partial charge >= 0.3 is 5.97 Å². The molecule has 0 amide bonds. The first-order valence-electron chi connectivity index (χ1n) is 5.69. The third-order valence-corrected chi connectivity index (χ3v) is 2.74. The lowest BCUT2D eigenvalue weighted by Crippen LogP contribution is -2.07. The summed E-state index contributed by atoms with van der Waals surface area (Å²) in [6, 6.07) is 5.56. The summed E-state index contributed by atoms with van der Waals surface area (Å²) < 4.78 is 15.5. The molecule has 0 fully saturated rings. The summed E-state index contributed by atoms with van der Waals surface area (Å²) in [5.41, 5.74) is 1.84. The molecule has 0 aliphatic carbocycles. The molecule has 92 valence electrons. The van der Waals surface area contributed by atoms with Gasteiger partial charge in [-0.15, -0.1) is 0 Å². The van der Waals surface area contributed by atoms with Crippen molar-refractivity contribution in [1.82, 2.24) is 5.16 Å². The molecule has 2 heterocycles. The van der Waals surface area contributed by atoms with E-state index >= 15 is 0 Å². The molecule has 0 saturated heterocycles. The predicted octanol–water partition coefficient (Wildman–Crippen LogP) is 2.68. The van der Waals surface area contributed by atoms with E-state index in [1.165, 1.54) is 0 Å². The van der Waals surface area contributed by atoms with E-state index in [0.29, 0.717) is 23.5 Å². The number of fused-ring (bicyclic) bond motifs is 3. The van der Waals surface area contributed by atoms with Crippen molar-refractivity contribution >= 4 is 27.9 Å². The van der Waals surface area contributed by atoms with Gasteiger partial charge in [-0.2, -0.15) is 0 Å². The van der Waals surface area contributed by atoms with Crippen LogP contribution in [-0.4, -0.2) is 17.7 Å². The topological polar surface area (TPSA) is 65.5 Å². The molecule has 0 saturated carbocycles. The normalized spacial score (nSPS) is 11.2. The smallest absolute Gasteiger partial charge is 0.312 e. The van der Waals surface area contributed by atoms with Crippen LogP contribution in [0.3, 0.4) is 0 Å². The van der Waals surface area contributed by atoms with Crippen molar-refractivity contribution in [3.8, 4) is 0 Å². The van der Waals surface area contributed by atoms with Crippen LogP contribution in [-0.2, 0) is 16.0 Å². The Morgan fingerprint density at radius 1 is 1.39 bits per heavy atom. The van der Waals surface area contributed by atoms with E-state index < -0.39 is 0 Å². The first-order chi connectivity index (χ1) is 8.79. The van der Waals surface area contributed by atoms with Crippen molar-refractivity contribution in [3.63, 3.8) is 0 Å². The van der Waals surface area contributed by atoms with Gasteiger partial charge in [0.05, 0.1) is 24.7 Å². The van der Waals surface area contributed by atoms with Crippen LogP contribution >= 0.6 is 0 Å².